The first-order valence-corrected chi connectivity index (χ1v) is 9.83. The zero-order valence-corrected chi connectivity index (χ0v) is 17.7. The van der Waals surface area contributed by atoms with E-state index in [0.717, 1.165) is 16.0 Å². The third-order valence-corrected chi connectivity index (χ3v) is 5.29. The fraction of sp³-hybridized carbons (Fsp3) is 0.391. The zero-order chi connectivity index (χ0) is 22.1. The Morgan fingerprint density at radius 1 is 1.23 bits per heavy atom. The molecule has 0 spiro atoms. The van der Waals surface area contributed by atoms with Gasteiger partial charge in [-0.15, -0.1) is 0 Å². The van der Waals surface area contributed by atoms with E-state index in [1.165, 1.54) is 6.07 Å². The molecule has 0 saturated carbocycles. The standard InChI is InChI=1S/C23H27FN2O4/c1-23(2,3)18-8-6-16(12-19(18)24)25-21(27)20-17-7-5-14(13-30-4)11-15(17)9-10-26(20)22(28)29/h5-8,11-12,20H,9-10,13H2,1-4H3,(H,25,27)(H,28,29). The van der Waals surface area contributed by atoms with Gasteiger partial charge in [0.05, 0.1) is 6.61 Å². The summed E-state index contributed by atoms with van der Waals surface area (Å²) in [5, 5.41) is 12.3. The van der Waals surface area contributed by atoms with Gasteiger partial charge in [-0.2, -0.15) is 0 Å². The molecule has 160 valence electrons. The Balaban J connectivity index is 1.91. The predicted octanol–water partition coefficient (Wildman–Crippen LogP) is 4.49. The van der Waals surface area contributed by atoms with Crippen LogP contribution in [0.15, 0.2) is 36.4 Å². The average Bonchev–Trinajstić information content (AvgIpc) is 2.66. The van der Waals surface area contributed by atoms with Crippen molar-refractivity contribution in [2.75, 3.05) is 19.0 Å². The van der Waals surface area contributed by atoms with Crippen LogP contribution in [-0.2, 0) is 28.0 Å². The van der Waals surface area contributed by atoms with E-state index >= 15 is 0 Å². The number of carbonyl (C=O) groups is 2. The van der Waals surface area contributed by atoms with Crippen molar-refractivity contribution in [1.82, 2.24) is 4.90 Å². The SMILES string of the molecule is COCc1ccc2c(c1)CCN(C(=O)O)C2C(=O)Nc1ccc(C(C)(C)C)c(F)c1. The molecular weight excluding hydrogens is 387 g/mol. The molecule has 2 amide bonds. The number of nitrogens with zero attached hydrogens (tertiary/aromatic N) is 1. The Hall–Kier alpha value is -2.93. The number of carboxylic acid groups (broad SMARTS) is 1. The third-order valence-electron chi connectivity index (χ3n) is 5.29. The fourth-order valence-electron chi connectivity index (χ4n) is 3.84. The molecule has 0 radical (unpaired) electrons. The number of hydrogen-bond donors (Lipinski definition) is 2. The number of benzene rings is 2. The second kappa shape index (κ2) is 8.44. The Kier molecular flexibility index (Phi) is 6.12. The second-order valence-corrected chi connectivity index (χ2v) is 8.53. The molecule has 2 aromatic carbocycles. The maximum atomic E-state index is 14.5. The van der Waals surface area contributed by atoms with Gasteiger partial charge in [-0.1, -0.05) is 45.0 Å². The van der Waals surface area contributed by atoms with Gasteiger partial charge < -0.3 is 15.2 Å². The van der Waals surface area contributed by atoms with Gasteiger partial charge in [0, 0.05) is 19.3 Å². The van der Waals surface area contributed by atoms with Crippen molar-refractivity contribution in [3.8, 4) is 0 Å². The van der Waals surface area contributed by atoms with Crippen LogP contribution in [0.25, 0.3) is 0 Å². The van der Waals surface area contributed by atoms with Crippen molar-refractivity contribution in [1.29, 1.82) is 0 Å². The Morgan fingerprint density at radius 3 is 2.57 bits per heavy atom. The third kappa shape index (κ3) is 4.46. The average molecular weight is 414 g/mol. The minimum atomic E-state index is -1.17. The summed E-state index contributed by atoms with van der Waals surface area (Å²) in [7, 11) is 1.60. The van der Waals surface area contributed by atoms with Crippen LogP contribution in [0.5, 0.6) is 0 Å². The van der Waals surface area contributed by atoms with Crippen LogP contribution in [0.1, 0.15) is 49.1 Å². The van der Waals surface area contributed by atoms with E-state index < -0.39 is 23.9 Å². The topological polar surface area (TPSA) is 78.9 Å². The lowest BCUT2D eigenvalue weighted by Crippen LogP contribution is -2.44. The molecule has 2 aromatic rings. The van der Waals surface area contributed by atoms with Gasteiger partial charge in [-0.3, -0.25) is 9.69 Å². The van der Waals surface area contributed by atoms with Gasteiger partial charge in [0.2, 0.25) is 0 Å². The molecule has 1 aliphatic heterocycles. The van der Waals surface area contributed by atoms with Crippen LogP contribution < -0.4 is 5.32 Å². The van der Waals surface area contributed by atoms with Crippen LogP contribution >= 0.6 is 0 Å². The largest absolute Gasteiger partial charge is 0.465 e. The molecule has 1 heterocycles. The smallest absolute Gasteiger partial charge is 0.408 e. The van der Waals surface area contributed by atoms with E-state index in [4.69, 9.17) is 4.74 Å². The van der Waals surface area contributed by atoms with E-state index in [9.17, 15) is 19.1 Å². The van der Waals surface area contributed by atoms with Crippen molar-refractivity contribution in [2.24, 2.45) is 0 Å². The molecule has 6 nitrogen and oxygen atoms in total. The fourth-order valence-corrected chi connectivity index (χ4v) is 3.84. The molecule has 0 aromatic heterocycles. The van der Waals surface area contributed by atoms with Gasteiger partial charge >= 0.3 is 6.09 Å². The van der Waals surface area contributed by atoms with Crippen LogP contribution in [0, 0.1) is 5.82 Å². The highest BCUT2D eigenvalue weighted by Crippen LogP contribution is 2.33. The molecule has 3 rings (SSSR count). The van der Waals surface area contributed by atoms with Crippen molar-refractivity contribution in [2.45, 2.75) is 45.3 Å². The Bertz CT molecular complexity index is 968. The Labute approximate surface area is 175 Å². The number of ether oxygens (including phenoxy) is 1. The number of halogens is 1. The number of nitrogens with one attached hydrogen (secondary N) is 1. The normalized spacial score (nSPS) is 16.2. The van der Waals surface area contributed by atoms with Crippen LogP contribution in [-0.4, -0.2) is 35.7 Å². The van der Waals surface area contributed by atoms with E-state index in [2.05, 4.69) is 5.32 Å². The molecular formula is C23H27FN2O4. The van der Waals surface area contributed by atoms with Crippen molar-refractivity contribution in [3.63, 3.8) is 0 Å². The monoisotopic (exact) mass is 414 g/mol. The maximum Gasteiger partial charge on any atom is 0.408 e. The molecule has 0 fully saturated rings. The molecule has 0 saturated heterocycles. The first-order chi connectivity index (χ1) is 14.1. The molecule has 1 atom stereocenters. The van der Waals surface area contributed by atoms with E-state index in [1.54, 1.807) is 25.3 Å². The highest BCUT2D eigenvalue weighted by molar-refractivity contribution is 5.97. The molecule has 30 heavy (non-hydrogen) atoms. The van der Waals surface area contributed by atoms with Crippen molar-refractivity contribution in [3.05, 3.63) is 64.5 Å². The highest BCUT2D eigenvalue weighted by atomic mass is 19.1. The molecule has 0 bridgehead atoms. The Morgan fingerprint density at radius 2 is 1.97 bits per heavy atom. The van der Waals surface area contributed by atoms with Crippen molar-refractivity contribution < 1.29 is 23.8 Å². The summed E-state index contributed by atoms with van der Waals surface area (Å²) >= 11 is 0. The molecule has 2 N–H and O–H groups in total. The van der Waals surface area contributed by atoms with Gasteiger partial charge in [0.25, 0.3) is 5.91 Å². The van der Waals surface area contributed by atoms with Crippen LogP contribution in [0.3, 0.4) is 0 Å². The number of anilines is 1. The minimum absolute atomic E-state index is 0.203. The predicted molar refractivity (Wildman–Crippen MR) is 112 cm³/mol. The maximum absolute atomic E-state index is 14.5. The number of amides is 2. The van der Waals surface area contributed by atoms with E-state index in [-0.39, 0.29) is 12.0 Å². The summed E-state index contributed by atoms with van der Waals surface area (Å²) in [6.07, 6.45) is -0.659. The number of rotatable bonds is 4. The summed E-state index contributed by atoms with van der Waals surface area (Å²) in [5.74, 6) is -0.926. The number of fused-ring (bicyclic) bond motifs is 1. The van der Waals surface area contributed by atoms with Crippen LogP contribution in [0.2, 0.25) is 0 Å². The number of hydrogen-bond acceptors (Lipinski definition) is 3. The molecule has 0 aliphatic carbocycles. The summed E-state index contributed by atoms with van der Waals surface area (Å²) in [6.45, 7) is 6.36. The van der Waals surface area contributed by atoms with Gasteiger partial charge in [-0.25, -0.2) is 9.18 Å². The van der Waals surface area contributed by atoms with Crippen molar-refractivity contribution >= 4 is 17.7 Å². The molecule has 1 aliphatic rings. The van der Waals surface area contributed by atoms with E-state index in [1.807, 2.05) is 32.9 Å². The highest BCUT2D eigenvalue weighted by Gasteiger charge is 2.36. The summed E-state index contributed by atoms with van der Waals surface area (Å²) in [6, 6.07) is 9.08. The zero-order valence-electron chi connectivity index (χ0n) is 17.7. The molecule has 7 heteroatoms. The first-order valence-electron chi connectivity index (χ1n) is 9.83. The number of carbonyl (C=O) groups excluding carboxylic acids is 1. The summed E-state index contributed by atoms with van der Waals surface area (Å²) in [4.78, 5) is 26.0. The first kappa shape index (κ1) is 21.8. The van der Waals surface area contributed by atoms with Gasteiger partial charge in [0.1, 0.15) is 11.9 Å². The van der Waals surface area contributed by atoms with E-state index in [0.29, 0.717) is 29.8 Å². The second-order valence-electron chi connectivity index (χ2n) is 8.53. The lowest BCUT2D eigenvalue weighted by Gasteiger charge is -2.34. The van der Waals surface area contributed by atoms with Gasteiger partial charge in [-0.05, 0) is 46.2 Å². The lowest BCUT2D eigenvalue weighted by atomic mass is 9.86. The number of methoxy groups -OCH3 is 1. The minimum Gasteiger partial charge on any atom is -0.465 e. The summed E-state index contributed by atoms with van der Waals surface area (Å²) < 4.78 is 19.7. The molecule has 1 unspecified atom stereocenters. The quantitative estimate of drug-likeness (QED) is 0.773. The van der Waals surface area contributed by atoms with Gasteiger partial charge in [0.15, 0.2) is 0 Å². The van der Waals surface area contributed by atoms with Crippen LogP contribution in [0.4, 0.5) is 14.9 Å². The summed E-state index contributed by atoms with van der Waals surface area (Å²) in [5.41, 5.74) is 2.97. The lowest BCUT2D eigenvalue weighted by molar-refractivity contribution is -0.121.